The quantitative estimate of drug-likeness (QED) is 0.886. The van der Waals surface area contributed by atoms with Crippen molar-refractivity contribution in [3.8, 4) is 5.75 Å². The Morgan fingerprint density at radius 3 is 2.85 bits per heavy atom. The van der Waals surface area contributed by atoms with Crippen LogP contribution in [0.5, 0.6) is 5.75 Å². The van der Waals surface area contributed by atoms with E-state index in [2.05, 4.69) is 20.6 Å². The van der Waals surface area contributed by atoms with Crippen molar-refractivity contribution in [1.29, 1.82) is 0 Å². The number of nitrogens with zero attached hydrogens (tertiary/aromatic N) is 2. The highest BCUT2D eigenvalue weighted by Crippen LogP contribution is 2.44. The number of methoxy groups -OCH3 is 1. The zero-order chi connectivity index (χ0) is 13.7. The number of hydrogen-bond acceptors (Lipinski definition) is 5. The van der Waals surface area contributed by atoms with Crippen molar-refractivity contribution < 1.29 is 9.13 Å². The first-order valence-electron chi connectivity index (χ1n) is 6.74. The number of ether oxygens (including phenoxy) is 1. The van der Waals surface area contributed by atoms with E-state index in [4.69, 9.17) is 4.74 Å². The second-order valence-electron chi connectivity index (χ2n) is 5.36. The van der Waals surface area contributed by atoms with Crippen molar-refractivity contribution in [2.75, 3.05) is 25.5 Å². The van der Waals surface area contributed by atoms with Gasteiger partial charge in [-0.05, 0) is 24.0 Å². The molecule has 3 atom stereocenters. The van der Waals surface area contributed by atoms with E-state index in [1.807, 2.05) is 0 Å². The Morgan fingerprint density at radius 1 is 1.30 bits per heavy atom. The summed E-state index contributed by atoms with van der Waals surface area (Å²) in [6.45, 7) is 2.10. The van der Waals surface area contributed by atoms with Gasteiger partial charge in [0, 0.05) is 24.5 Å². The van der Waals surface area contributed by atoms with Crippen LogP contribution in [0, 0.1) is 17.7 Å². The van der Waals surface area contributed by atoms with Crippen molar-refractivity contribution in [3.05, 3.63) is 24.3 Å². The Hall–Kier alpha value is -1.95. The predicted octanol–water partition coefficient (Wildman–Crippen LogP) is 1.41. The lowest BCUT2D eigenvalue weighted by molar-refractivity contribution is 0.388. The van der Waals surface area contributed by atoms with Gasteiger partial charge in [-0.25, -0.2) is 14.4 Å². The smallest absolute Gasteiger partial charge is 0.191 e. The first-order valence-corrected chi connectivity index (χ1v) is 6.74. The molecule has 1 saturated heterocycles. The van der Waals surface area contributed by atoms with Crippen LogP contribution in [0.4, 0.5) is 10.2 Å². The molecule has 0 amide bonds. The van der Waals surface area contributed by atoms with Gasteiger partial charge in [0.2, 0.25) is 0 Å². The maximum Gasteiger partial charge on any atom is 0.191 e. The summed E-state index contributed by atoms with van der Waals surface area (Å²) >= 11 is 0. The number of rotatable bonds is 3. The molecule has 2 fully saturated rings. The molecule has 2 N–H and O–H groups in total. The summed E-state index contributed by atoms with van der Waals surface area (Å²) in [4.78, 5) is 8.29. The molecule has 1 aromatic carbocycles. The zero-order valence-corrected chi connectivity index (χ0v) is 11.1. The third-order valence-corrected chi connectivity index (χ3v) is 4.32. The lowest BCUT2D eigenvalue weighted by Gasteiger charge is -2.11. The molecule has 4 rings (SSSR count). The van der Waals surface area contributed by atoms with Crippen LogP contribution in [-0.4, -0.2) is 36.2 Å². The van der Waals surface area contributed by atoms with Gasteiger partial charge in [-0.15, -0.1) is 0 Å². The maximum atomic E-state index is 14.2. The van der Waals surface area contributed by atoms with Crippen LogP contribution in [0.25, 0.3) is 10.9 Å². The number of fused-ring (bicyclic) bond motifs is 2. The topological polar surface area (TPSA) is 59.1 Å². The zero-order valence-electron chi connectivity index (χ0n) is 11.1. The summed E-state index contributed by atoms with van der Waals surface area (Å²) in [7, 11) is 1.45. The number of benzene rings is 1. The SMILES string of the molecule is COc1ccc2c(NC3[C@H]4CNC[C@@H]34)ncnc2c1F. The Kier molecular flexibility index (Phi) is 2.53. The largest absolute Gasteiger partial charge is 0.494 e. The normalized spacial score (nSPS) is 27.4. The van der Waals surface area contributed by atoms with Crippen molar-refractivity contribution in [3.63, 3.8) is 0 Å². The minimum atomic E-state index is -0.437. The lowest BCUT2D eigenvalue weighted by Crippen LogP contribution is -2.21. The number of nitrogens with one attached hydrogen (secondary N) is 2. The molecule has 1 aromatic heterocycles. The molecule has 1 saturated carbocycles. The molecule has 0 radical (unpaired) electrons. The third-order valence-electron chi connectivity index (χ3n) is 4.32. The van der Waals surface area contributed by atoms with Gasteiger partial charge in [0.05, 0.1) is 7.11 Å². The van der Waals surface area contributed by atoms with Crippen LogP contribution in [0.15, 0.2) is 18.5 Å². The van der Waals surface area contributed by atoms with E-state index < -0.39 is 5.82 Å². The predicted molar refractivity (Wildman–Crippen MR) is 73.3 cm³/mol. The Bertz CT molecular complexity index is 668. The van der Waals surface area contributed by atoms with Crippen LogP contribution >= 0.6 is 0 Å². The van der Waals surface area contributed by atoms with E-state index in [-0.39, 0.29) is 5.75 Å². The van der Waals surface area contributed by atoms with Crippen LogP contribution in [-0.2, 0) is 0 Å². The average Bonchev–Trinajstić information content (AvgIpc) is 2.90. The highest BCUT2D eigenvalue weighted by molar-refractivity contribution is 5.90. The molecule has 2 aliphatic rings. The second-order valence-corrected chi connectivity index (χ2v) is 5.36. The molecule has 104 valence electrons. The lowest BCUT2D eigenvalue weighted by atomic mass is 10.2. The van der Waals surface area contributed by atoms with E-state index in [0.717, 1.165) is 13.1 Å². The minimum absolute atomic E-state index is 0.203. The fourth-order valence-electron chi connectivity index (χ4n) is 3.14. The van der Waals surface area contributed by atoms with Gasteiger partial charge in [-0.3, -0.25) is 0 Å². The fourth-order valence-corrected chi connectivity index (χ4v) is 3.14. The van der Waals surface area contributed by atoms with Crippen LogP contribution in [0.1, 0.15) is 0 Å². The van der Waals surface area contributed by atoms with Crippen molar-refractivity contribution in [1.82, 2.24) is 15.3 Å². The van der Waals surface area contributed by atoms with E-state index in [9.17, 15) is 4.39 Å². The first-order chi connectivity index (χ1) is 9.79. The summed E-state index contributed by atoms with van der Waals surface area (Å²) < 4.78 is 19.2. The van der Waals surface area contributed by atoms with Gasteiger partial charge in [0.25, 0.3) is 0 Å². The van der Waals surface area contributed by atoms with E-state index in [1.54, 1.807) is 12.1 Å². The van der Waals surface area contributed by atoms with Gasteiger partial charge in [-0.2, -0.15) is 0 Å². The highest BCUT2D eigenvalue weighted by Gasteiger charge is 2.53. The number of anilines is 1. The maximum absolute atomic E-state index is 14.2. The molecule has 2 heterocycles. The molecule has 1 aliphatic carbocycles. The van der Waals surface area contributed by atoms with Crippen molar-refractivity contribution in [2.24, 2.45) is 11.8 Å². The first kappa shape index (κ1) is 11.8. The molecular formula is C14H15FN4O. The van der Waals surface area contributed by atoms with Crippen LogP contribution < -0.4 is 15.4 Å². The Balaban J connectivity index is 1.71. The van der Waals surface area contributed by atoms with Gasteiger partial charge in [0.1, 0.15) is 17.7 Å². The van der Waals surface area contributed by atoms with Gasteiger partial charge < -0.3 is 15.4 Å². The molecule has 20 heavy (non-hydrogen) atoms. The Labute approximate surface area is 115 Å². The summed E-state index contributed by atoms with van der Waals surface area (Å²) in [5.74, 6) is 1.81. The number of hydrogen-bond donors (Lipinski definition) is 2. The Morgan fingerprint density at radius 2 is 2.10 bits per heavy atom. The van der Waals surface area contributed by atoms with Gasteiger partial charge in [0.15, 0.2) is 11.6 Å². The van der Waals surface area contributed by atoms with Crippen LogP contribution in [0.3, 0.4) is 0 Å². The molecule has 1 unspecified atom stereocenters. The monoisotopic (exact) mass is 274 g/mol. The van der Waals surface area contributed by atoms with Crippen LogP contribution in [0.2, 0.25) is 0 Å². The number of piperidine rings is 1. The molecule has 6 heteroatoms. The van der Waals surface area contributed by atoms with Gasteiger partial charge >= 0.3 is 0 Å². The summed E-state index contributed by atoms with van der Waals surface area (Å²) in [6.07, 6.45) is 1.39. The highest BCUT2D eigenvalue weighted by atomic mass is 19.1. The molecule has 1 aliphatic heterocycles. The standard InChI is InChI=1S/C14H15FN4O/c1-20-10-3-2-7-13(11(10)15)17-6-18-14(7)19-12-8-4-16-5-9(8)12/h2-3,6,8-9,12,16H,4-5H2,1H3,(H,17,18,19)/t8-,9+,12?. The second kappa shape index (κ2) is 4.28. The molecule has 0 spiro atoms. The van der Waals surface area contributed by atoms with Crippen molar-refractivity contribution in [2.45, 2.75) is 6.04 Å². The molecule has 5 nitrogen and oxygen atoms in total. The minimum Gasteiger partial charge on any atom is -0.494 e. The molecule has 2 aromatic rings. The number of aromatic nitrogens is 2. The number of halogens is 1. The third kappa shape index (κ3) is 1.64. The summed E-state index contributed by atoms with van der Waals surface area (Å²) in [5, 5.41) is 7.47. The fraction of sp³-hybridized carbons (Fsp3) is 0.429. The molecule has 0 bridgehead atoms. The van der Waals surface area contributed by atoms with Crippen molar-refractivity contribution >= 4 is 16.7 Å². The summed E-state index contributed by atoms with van der Waals surface area (Å²) in [5.41, 5.74) is 0.297. The van der Waals surface area contributed by atoms with E-state index >= 15 is 0 Å². The van der Waals surface area contributed by atoms with Gasteiger partial charge in [-0.1, -0.05) is 0 Å². The summed E-state index contributed by atoms with van der Waals surface area (Å²) in [6, 6.07) is 3.86. The molecular weight excluding hydrogens is 259 g/mol. The van der Waals surface area contributed by atoms with E-state index in [1.165, 1.54) is 13.4 Å². The van der Waals surface area contributed by atoms with E-state index in [0.29, 0.717) is 34.6 Å². The average molecular weight is 274 g/mol.